The van der Waals surface area contributed by atoms with Crippen LogP contribution in [0.25, 0.3) is 0 Å². The Morgan fingerprint density at radius 2 is 2.31 bits per heavy atom. The van der Waals surface area contributed by atoms with Gasteiger partial charge < -0.3 is 19.3 Å². The zero-order chi connectivity index (χ0) is 9.69. The summed E-state index contributed by atoms with van der Waals surface area (Å²) < 4.78 is 15.5. The molecule has 13 heavy (non-hydrogen) atoms. The van der Waals surface area contributed by atoms with Crippen LogP contribution in [-0.2, 0) is 19.0 Å². The molecule has 2 atom stereocenters. The minimum atomic E-state index is -0.986. The molecule has 2 aliphatic heterocycles. The molecule has 5 heteroatoms. The number of esters is 1. The Morgan fingerprint density at radius 1 is 1.62 bits per heavy atom. The van der Waals surface area contributed by atoms with Crippen LogP contribution in [0.15, 0.2) is 0 Å². The van der Waals surface area contributed by atoms with E-state index < -0.39 is 23.5 Å². The van der Waals surface area contributed by atoms with E-state index in [-0.39, 0.29) is 13.2 Å². The van der Waals surface area contributed by atoms with Crippen LogP contribution in [-0.4, -0.2) is 41.8 Å². The summed E-state index contributed by atoms with van der Waals surface area (Å²) in [5, 5.41) is 9.14. The van der Waals surface area contributed by atoms with Gasteiger partial charge in [-0.25, -0.2) is 4.79 Å². The van der Waals surface area contributed by atoms with Crippen LogP contribution in [0.3, 0.4) is 0 Å². The molecular formula is C8H12O5. The lowest BCUT2D eigenvalue weighted by molar-refractivity contribution is -0.193. The highest BCUT2D eigenvalue weighted by Gasteiger charge is 2.61. The van der Waals surface area contributed by atoms with Gasteiger partial charge in [0.15, 0.2) is 17.5 Å². The Hall–Kier alpha value is -0.650. The van der Waals surface area contributed by atoms with Crippen LogP contribution >= 0.6 is 0 Å². The second-order valence-electron chi connectivity index (χ2n) is 3.83. The van der Waals surface area contributed by atoms with Gasteiger partial charge >= 0.3 is 5.97 Å². The molecule has 0 saturated carbocycles. The van der Waals surface area contributed by atoms with Crippen molar-refractivity contribution < 1.29 is 24.1 Å². The number of aliphatic hydroxyl groups excluding tert-OH is 1. The minimum Gasteiger partial charge on any atom is -0.460 e. The summed E-state index contributed by atoms with van der Waals surface area (Å²) in [5.74, 6) is -1.29. The number of hydrogen-bond acceptors (Lipinski definition) is 5. The first-order valence-corrected chi connectivity index (χ1v) is 4.15. The topological polar surface area (TPSA) is 65.0 Å². The summed E-state index contributed by atoms with van der Waals surface area (Å²) in [4.78, 5) is 11.2. The highest BCUT2D eigenvalue weighted by atomic mass is 16.8. The summed E-state index contributed by atoms with van der Waals surface area (Å²) in [6.45, 7) is 3.20. The van der Waals surface area contributed by atoms with Crippen molar-refractivity contribution >= 4 is 5.97 Å². The van der Waals surface area contributed by atoms with Gasteiger partial charge in [-0.05, 0) is 13.8 Å². The molecule has 2 fully saturated rings. The predicted molar refractivity (Wildman–Crippen MR) is 40.8 cm³/mol. The van der Waals surface area contributed by atoms with Gasteiger partial charge in [0.2, 0.25) is 0 Å². The van der Waals surface area contributed by atoms with E-state index in [1.807, 2.05) is 0 Å². The number of cyclic esters (lactones) is 1. The molecule has 2 saturated heterocycles. The van der Waals surface area contributed by atoms with Gasteiger partial charge in [0.1, 0.15) is 6.61 Å². The van der Waals surface area contributed by atoms with E-state index in [4.69, 9.17) is 19.3 Å². The second-order valence-corrected chi connectivity index (χ2v) is 3.83. The summed E-state index contributed by atoms with van der Waals surface area (Å²) in [6, 6.07) is 0. The van der Waals surface area contributed by atoms with Crippen molar-refractivity contribution in [3.8, 4) is 0 Å². The highest BCUT2D eigenvalue weighted by Crippen LogP contribution is 2.40. The number of fused-ring (bicyclic) bond motifs is 1. The molecule has 2 rings (SSSR count). The van der Waals surface area contributed by atoms with E-state index in [9.17, 15) is 4.79 Å². The third kappa shape index (κ3) is 1.15. The number of carbonyl (C=O) groups is 1. The molecule has 0 aromatic rings. The Kier molecular flexibility index (Phi) is 1.67. The van der Waals surface area contributed by atoms with Crippen LogP contribution in [0, 0.1) is 0 Å². The Balaban J connectivity index is 2.29. The molecule has 1 N–H and O–H groups in total. The molecule has 0 bridgehead atoms. The standard InChI is InChI=1S/C8H12O5/c1-7(2)12-5-6(10)11-4-8(5,3-9)13-7/h5,9H,3-4H2,1-2H3. The fraction of sp³-hybridized carbons (Fsp3) is 0.875. The van der Waals surface area contributed by atoms with E-state index in [1.54, 1.807) is 13.8 Å². The third-order valence-corrected chi connectivity index (χ3v) is 2.27. The highest BCUT2D eigenvalue weighted by molar-refractivity contribution is 5.79. The van der Waals surface area contributed by atoms with Gasteiger partial charge in [-0.2, -0.15) is 0 Å². The van der Waals surface area contributed by atoms with E-state index in [2.05, 4.69) is 0 Å². The molecule has 0 amide bonds. The average Bonchev–Trinajstić information content (AvgIpc) is 2.47. The third-order valence-electron chi connectivity index (χ3n) is 2.27. The Morgan fingerprint density at radius 3 is 2.85 bits per heavy atom. The lowest BCUT2D eigenvalue weighted by Gasteiger charge is -2.23. The number of carbonyl (C=O) groups excluding carboxylic acids is 1. The first kappa shape index (κ1) is 8.93. The molecule has 5 nitrogen and oxygen atoms in total. The smallest absolute Gasteiger partial charge is 0.338 e. The Bertz CT molecular complexity index is 249. The SMILES string of the molecule is CC1(C)OC2C(=O)OCC2(CO)O1. The lowest BCUT2D eigenvalue weighted by Crippen LogP contribution is -2.44. The molecule has 0 aromatic heterocycles. The fourth-order valence-corrected chi connectivity index (χ4v) is 1.76. The maximum Gasteiger partial charge on any atom is 0.338 e. The largest absolute Gasteiger partial charge is 0.460 e. The van der Waals surface area contributed by atoms with Crippen LogP contribution < -0.4 is 0 Å². The summed E-state index contributed by atoms with van der Waals surface area (Å²) in [6.07, 6.45) is -0.785. The summed E-state index contributed by atoms with van der Waals surface area (Å²) >= 11 is 0. The number of aliphatic hydroxyl groups is 1. The van der Waals surface area contributed by atoms with E-state index in [0.29, 0.717) is 0 Å². The average molecular weight is 188 g/mol. The fourth-order valence-electron chi connectivity index (χ4n) is 1.76. The van der Waals surface area contributed by atoms with Crippen molar-refractivity contribution in [2.75, 3.05) is 13.2 Å². The van der Waals surface area contributed by atoms with Crippen LogP contribution in [0.4, 0.5) is 0 Å². The molecular weight excluding hydrogens is 176 g/mol. The van der Waals surface area contributed by atoms with Gasteiger partial charge in [-0.1, -0.05) is 0 Å². The maximum absolute atomic E-state index is 11.2. The van der Waals surface area contributed by atoms with E-state index in [0.717, 1.165) is 0 Å². The summed E-state index contributed by atoms with van der Waals surface area (Å²) in [5.41, 5.74) is -0.986. The van der Waals surface area contributed by atoms with Gasteiger partial charge in [0, 0.05) is 0 Å². The summed E-state index contributed by atoms with van der Waals surface area (Å²) in [7, 11) is 0. The van der Waals surface area contributed by atoms with E-state index in [1.165, 1.54) is 0 Å². The van der Waals surface area contributed by atoms with Gasteiger partial charge in [-0.3, -0.25) is 0 Å². The molecule has 2 unspecified atom stereocenters. The molecule has 74 valence electrons. The molecule has 2 heterocycles. The number of rotatable bonds is 1. The zero-order valence-corrected chi connectivity index (χ0v) is 7.57. The van der Waals surface area contributed by atoms with Crippen molar-refractivity contribution in [2.45, 2.75) is 31.3 Å². The molecule has 2 aliphatic rings. The lowest BCUT2D eigenvalue weighted by atomic mass is 10.0. The zero-order valence-electron chi connectivity index (χ0n) is 7.57. The first-order chi connectivity index (χ1) is 5.99. The van der Waals surface area contributed by atoms with Gasteiger partial charge in [0.25, 0.3) is 0 Å². The Labute approximate surface area is 75.6 Å². The normalized spacial score (nSPS) is 41.8. The van der Waals surface area contributed by atoms with Crippen molar-refractivity contribution in [3.63, 3.8) is 0 Å². The monoisotopic (exact) mass is 188 g/mol. The molecule has 0 spiro atoms. The first-order valence-electron chi connectivity index (χ1n) is 4.15. The van der Waals surface area contributed by atoms with Crippen molar-refractivity contribution in [1.82, 2.24) is 0 Å². The maximum atomic E-state index is 11.2. The van der Waals surface area contributed by atoms with Crippen molar-refractivity contribution in [3.05, 3.63) is 0 Å². The number of hydrogen-bond donors (Lipinski definition) is 1. The van der Waals surface area contributed by atoms with Crippen LogP contribution in [0.5, 0.6) is 0 Å². The van der Waals surface area contributed by atoms with Crippen LogP contribution in [0.1, 0.15) is 13.8 Å². The van der Waals surface area contributed by atoms with E-state index >= 15 is 0 Å². The second kappa shape index (κ2) is 2.43. The predicted octanol–water partition coefficient (Wildman–Crippen LogP) is -0.574. The molecule has 0 aromatic carbocycles. The van der Waals surface area contributed by atoms with Gasteiger partial charge in [-0.15, -0.1) is 0 Å². The van der Waals surface area contributed by atoms with Crippen molar-refractivity contribution in [1.29, 1.82) is 0 Å². The molecule has 0 aliphatic carbocycles. The molecule has 0 radical (unpaired) electrons. The quantitative estimate of drug-likeness (QED) is 0.558. The number of ether oxygens (including phenoxy) is 3. The van der Waals surface area contributed by atoms with Crippen LogP contribution in [0.2, 0.25) is 0 Å². The van der Waals surface area contributed by atoms with Gasteiger partial charge in [0.05, 0.1) is 6.61 Å². The van der Waals surface area contributed by atoms with Crippen molar-refractivity contribution in [2.24, 2.45) is 0 Å². The minimum absolute atomic E-state index is 0.0659.